The fourth-order valence-corrected chi connectivity index (χ4v) is 2.96. The number of rotatable bonds is 2. The Kier molecular flexibility index (Phi) is 2.95. The molecule has 1 aliphatic heterocycles. The summed E-state index contributed by atoms with van der Waals surface area (Å²) in [5, 5.41) is 8.77. The van der Waals surface area contributed by atoms with Crippen LogP contribution in [0.15, 0.2) is 18.7 Å². The molecular formula is C14H10F3N9. The first-order chi connectivity index (χ1) is 12.5. The van der Waals surface area contributed by atoms with E-state index < -0.39 is 12.0 Å². The maximum Gasteiger partial charge on any atom is 0.453 e. The summed E-state index contributed by atoms with van der Waals surface area (Å²) in [7, 11) is 0. The number of aromatic nitrogens is 8. The van der Waals surface area contributed by atoms with E-state index in [0.717, 1.165) is 11.3 Å². The predicted octanol–water partition coefficient (Wildman–Crippen LogP) is 1.53. The van der Waals surface area contributed by atoms with Crippen LogP contribution in [0.2, 0.25) is 0 Å². The van der Waals surface area contributed by atoms with Gasteiger partial charge in [0.05, 0.1) is 23.9 Å². The highest BCUT2D eigenvalue weighted by Gasteiger charge is 2.37. The van der Waals surface area contributed by atoms with Gasteiger partial charge in [0.15, 0.2) is 5.82 Å². The molecule has 0 saturated heterocycles. The van der Waals surface area contributed by atoms with Gasteiger partial charge in [0, 0.05) is 24.8 Å². The highest BCUT2D eigenvalue weighted by atomic mass is 19.4. The van der Waals surface area contributed by atoms with E-state index in [2.05, 4.69) is 40.4 Å². The molecule has 4 aromatic rings. The second-order valence-electron chi connectivity index (χ2n) is 5.77. The summed E-state index contributed by atoms with van der Waals surface area (Å²) in [5.74, 6) is -0.984. The Balaban J connectivity index is 1.77. The zero-order valence-electron chi connectivity index (χ0n) is 13.0. The molecule has 1 aliphatic rings. The van der Waals surface area contributed by atoms with Crippen molar-refractivity contribution in [2.24, 2.45) is 0 Å². The summed E-state index contributed by atoms with van der Waals surface area (Å²) >= 11 is 0. The minimum Gasteiger partial charge on any atom is -0.343 e. The minimum absolute atomic E-state index is 0.0919. The van der Waals surface area contributed by atoms with Crippen molar-refractivity contribution in [1.29, 1.82) is 0 Å². The van der Waals surface area contributed by atoms with Crippen LogP contribution in [0.3, 0.4) is 0 Å². The molecule has 0 aliphatic carbocycles. The van der Waals surface area contributed by atoms with Crippen molar-refractivity contribution < 1.29 is 13.2 Å². The normalized spacial score (nSPS) is 14.3. The maximum absolute atomic E-state index is 12.8. The van der Waals surface area contributed by atoms with Gasteiger partial charge < -0.3 is 10.3 Å². The Morgan fingerprint density at radius 3 is 2.73 bits per heavy atom. The molecule has 132 valence electrons. The Bertz CT molecular complexity index is 1110. The number of fused-ring (bicyclic) bond motifs is 2. The van der Waals surface area contributed by atoms with Crippen LogP contribution in [0, 0.1) is 0 Å². The van der Waals surface area contributed by atoms with Crippen LogP contribution in [0.4, 0.5) is 13.2 Å². The number of imidazole rings is 2. The highest BCUT2D eigenvalue weighted by Crippen LogP contribution is 2.32. The van der Waals surface area contributed by atoms with Crippen LogP contribution in [-0.4, -0.2) is 39.5 Å². The SMILES string of the molecule is FC(F)(F)c1n[nH]c(-c2nc3nc4c(cn3c2-c2cnc[nH]2)CNC4)n1. The highest BCUT2D eigenvalue weighted by molar-refractivity contribution is 5.76. The van der Waals surface area contributed by atoms with E-state index in [1.54, 1.807) is 10.6 Å². The number of halogens is 3. The first-order valence-electron chi connectivity index (χ1n) is 7.61. The standard InChI is InChI=1S/C14H10F3N9/c15-14(16,17)12-23-11(24-25-12)9-10(8-3-19-5-20-8)26-4-6-1-18-2-7(6)21-13(26)22-9/h3-5,18H,1-2H2,(H,19,20)(H,23,24,25). The molecule has 12 heteroatoms. The summed E-state index contributed by atoms with van der Waals surface area (Å²) in [6.07, 6.45) is 0.250. The number of nitrogens with zero attached hydrogens (tertiary/aromatic N) is 6. The fourth-order valence-electron chi connectivity index (χ4n) is 2.96. The lowest BCUT2D eigenvalue weighted by Crippen LogP contribution is -2.07. The Labute approximate surface area is 142 Å². The summed E-state index contributed by atoms with van der Waals surface area (Å²) in [4.78, 5) is 19.4. The number of alkyl halides is 3. The molecule has 3 N–H and O–H groups in total. The first-order valence-corrected chi connectivity index (χ1v) is 7.61. The number of nitrogens with one attached hydrogen (secondary N) is 3. The van der Waals surface area contributed by atoms with Crippen LogP contribution < -0.4 is 5.32 Å². The van der Waals surface area contributed by atoms with E-state index in [1.807, 2.05) is 6.20 Å². The lowest BCUT2D eigenvalue weighted by atomic mass is 10.2. The zero-order valence-corrected chi connectivity index (χ0v) is 13.0. The molecule has 26 heavy (non-hydrogen) atoms. The van der Waals surface area contributed by atoms with Crippen molar-refractivity contribution in [3.8, 4) is 22.9 Å². The number of aromatic amines is 2. The Morgan fingerprint density at radius 2 is 2.00 bits per heavy atom. The van der Waals surface area contributed by atoms with E-state index in [4.69, 9.17) is 0 Å². The van der Waals surface area contributed by atoms with E-state index in [1.165, 1.54) is 6.33 Å². The minimum atomic E-state index is -4.65. The van der Waals surface area contributed by atoms with Gasteiger partial charge in [-0.25, -0.2) is 19.9 Å². The largest absolute Gasteiger partial charge is 0.453 e. The average Bonchev–Trinajstić information content (AvgIpc) is 3.34. The fraction of sp³-hybridized carbons (Fsp3) is 0.214. The van der Waals surface area contributed by atoms with Crippen LogP contribution in [0.5, 0.6) is 0 Å². The molecule has 0 spiro atoms. The lowest BCUT2D eigenvalue weighted by Gasteiger charge is -2.03. The predicted molar refractivity (Wildman–Crippen MR) is 81.5 cm³/mol. The number of H-pyrrole nitrogens is 2. The Hall–Kier alpha value is -3.28. The van der Waals surface area contributed by atoms with E-state index in [0.29, 0.717) is 30.3 Å². The van der Waals surface area contributed by atoms with Gasteiger partial charge in [0.1, 0.15) is 11.4 Å². The molecule has 0 unspecified atom stereocenters. The van der Waals surface area contributed by atoms with Gasteiger partial charge in [-0.2, -0.15) is 13.2 Å². The lowest BCUT2D eigenvalue weighted by molar-refractivity contribution is -0.144. The summed E-state index contributed by atoms with van der Waals surface area (Å²) < 4.78 is 40.3. The third-order valence-electron chi connectivity index (χ3n) is 4.11. The van der Waals surface area contributed by atoms with Gasteiger partial charge in [-0.1, -0.05) is 0 Å². The number of hydrogen-bond acceptors (Lipinski definition) is 6. The summed E-state index contributed by atoms with van der Waals surface area (Å²) in [6.45, 7) is 1.28. The molecular weight excluding hydrogens is 351 g/mol. The van der Waals surface area contributed by atoms with Crippen LogP contribution in [0.1, 0.15) is 17.1 Å². The van der Waals surface area contributed by atoms with Gasteiger partial charge in [0.25, 0.3) is 5.82 Å². The molecule has 0 atom stereocenters. The Morgan fingerprint density at radius 1 is 1.12 bits per heavy atom. The molecule has 0 aromatic carbocycles. The monoisotopic (exact) mass is 361 g/mol. The van der Waals surface area contributed by atoms with Crippen molar-refractivity contribution in [2.75, 3.05) is 0 Å². The molecule has 0 bridgehead atoms. The van der Waals surface area contributed by atoms with Crippen LogP contribution in [0.25, 0.3) is 28.7 Å². The van der Waals surface area contributed by atoms with Crippen molar-refractivity contribution in [3.05, 3.63) is 35.8 Å². The van der Waals surface area contributed by atoms with Gasteiger partial charge >= 0.3 is 6.18 Å². The van der Waals surface area contributed by atoms with Gasteiger partial charge in [-0.3, -0.25) is 9.50 Å². The molecule has 4 aromatic heterocycles. The maximum atomic E-state index is 12.8. The first kappa shape index (κ1) is 15.0. The summed E-state index contributed by atoms with van der Waals surface area (Å²) in [5.41, 5.74) is 3.14. The molecule has 0 radical (unpaired) electrons. The number of hydrogen-bond donors (Lipinski definition) is 3. The third-order valence-corrected chi connectivity index (χ3v) is 4.11. The van der Waals surface area contributed by atoms with E-state index >= 15 is 0 Å². The van der Waals surface area contributed by atoms with Crippen molar-refractivity contribution in [2.45, 2.75) is 19.3 Å². The molecule has 0 fully saturated rings. The molecule has 0 saturated carbocycles. The van der Waals surface area contributed by atoms with Crippen molar-refractivity contribution in [1.82, 2.24) is 44.8 Å². The summed E-state index contributed by atoms with van der Waals surface area (Å²) in [6, 6.07) is 0. The molecule has 9 nitrogen and oxygen atoms in total. The quantitative estimate of drug-likeness (QED) is 0.499. The molecule has 5 rings (SSSR count). The molecule has 0 amide bonds. The third kappa shape index (κ3) is 2.19. The van der Waals surface area contributed by atoms with Crippen molar-refractivity contribution in [3.63, 3.8) is 0 Å². The topological polar surface area (TPSA) is 112 Å². The van der Waals surface area contributed by atoms with Gasteiger partial charge in [0.2, 0.25) is 5.78 Å². The van der Waals surface area contributed by atoms with Crippen molar-refractivity contribution >= 4 is 5.78 Å². The van der Waals surface area contributed by atoms with Gasteiger partial charge in [-0.05, 0) is 0 Å². The average molecular weight is 361 g/mol. The molecule has 5 heterocycles. The second kappa shape index (κ2) is 5.11. The van der Waals surface area contributed by atoms with Crippen LogP contribution >= 0.6 is 0 Å². The zero-order chi connectivity index (χ0) is 17.9. The van der Waals surface area contributed by atoms with Gasteiger partial charge in [-0.15, -0.1) is 5.10 Å². The van der Waals surface area contributed by atoms with Crippen LogP contribution in [-0.2, 0) is 19.3 Å². The van der Waals surface area contributed by atoms with E-state index in [-0.39, 0.29) is 11.5 Å². The smallest absolute Gasteiger partial charge is 0.343 e. The van der Waals surface area contributed by atoms with E-state index in [9.17, 15) is 13.2 Å². The second-order valence-corrected chi connectivity index (χ2v) is 5.77.